The minimum atomic E-state index is -3.52. The molecule has 2 amide bonds. The van der Waals surface area contributed by atoms with Crippen molar-refractivity contribution in [2.75, 3.05) is 14.1 Å². The quantitative estimate of drug-likeness (QED) is 0.635. The standard InChI is InChI=1S/C19H15N3O5S2/c1-22(2)29(25,26)14-5-3-11(4-6-14)15-10-20-9-12-7-13(27-17(12)15)8-16-18(23)21-19(24)28-16/h3-10H,1-2H3,(H,21,23,24)/b16-8+. The van der Waals surface area contributed by atoms with E-state index in [2.05, 4.69) is 10.3 Å². The molecule has 3 aromatic rings. The van der Waals surface area contributed by atoms with Gasteiger partial charge in [-0.2, -0.15) is 0 Å². The summed E-state index contributed by atoms with van der Waals surface area (Å²) in [6.45, 7) is 0. The number of pyridine rings is 1. The second kappa shape index (κ2) is 7.14. The Labute approximate surface area is 170 Å². The number of nitrogens with one attached hydrogen (secondary N) is 1. The van der Waals surface area contributed by atoms with E-state index < -0.39 is 21.2 Å². The summed E-state index contributed by atoms with van der Waals surface area (Å²) in [5.74, 6) is -0.0510. The average molecular weight is 429 g/mol. The number of hydrogen-bond acceptors (Lipinski definition) is 7. The van der Waals surface area contributed by atoms with E-state index in [1.165, 1.54) is 32.3 Å². The molecule has 0 radical (unpaired) electrons. The van der Waals surface area contributed by atoms with Crippen LogP contribution in [0.5, 0.6) is 0 Å². The first-order valence-corrected chi connectivity index (χ1v) is 10.7. The number of carbonyl (C=O) groups excluding carboxylic acids is 2. The molecule has 0 aliphatic carbocycles. The molecule has 0 unspecified atom stereocenters. The van der Waals surface area contributed by atoms with E-state index in [4.69, 9.17) is 4.42 Å². The summed E-state index contributed by atoms with van der Waals surface area (Å²) in [6, 6.07) is 8.15. The highest BCUT2D eigenvalue weighted by Gasteiger charge is 2.25. The van der Waals surface area contributed by atoms with E-state index in [1.54, 1.807) is 30.6 Å². The van der Waals surface area contributed by atoms with Crippen molar-refractivity contribution in [2.45, 2.75) is 4.90 Å². The van der Waals surface area contributed by atoms with Crippen molar-refractivity contribution in [1.82, 2.24) is 14.6 Å². The van der Waals surface area contributed by atoms with Crippen LogP contribution in [0.2, 0.25) is 0 Å². The third-order valence-corrected chi connectivity index (χ3v) is 6.94. The number of thioether (sulfide) groups is 1. The zero-order chi connectivity index (χ0) is 20.8. The van der Waals surface area contributed by atoms with Crippen molar-refractivity contribution in [2.24, 2.45) is 0 Å². The molecule has 1 aromatic carbocycles. The number of amides is 2. The van der Waals surface area contributed by atoms with Gasteiger partial charge >= 0.3 is 0 Å². The Kier molecular flexibility index (Phi) is 4.77. The summed E-state index contributed by atoms with van der Waals surface area (Å²) in [4.78, 5) is 27.7. The molecule has 1 N–H and O–H groups in total. The monoisotopic (exact) mass is 429 g/mol. The van der Waals surface area contributed by atoms with Crippen molar-refractivity contribution >= 4 is 50.0 Å². The molecule has 4 rings (SSSR count). The number of aromatic nitrogens is 1. The first kappa shape index (κ1) is 19.4. The Bertz CT molecular complexity index is 1270. The van der Waals surface area contributed by atoms with Crippen LogP contribution in [0.25, 0.3) is 28.2 Å². The lowest BCUT2D eigenvalue weighted by Crippen LogP contribution is -2.22. The highest BCUT2D eigenvalue weighted by atomic mass is 32.2. The van der Waals surface area contributed by atoms with Gasteiger partial charge in [0.1, 0.15) is 11.3 Å². The van der Waals surface area contributed by atoms with E-state index in [0.29, 0.717) is 22.3 Å². The first-order chi connectivity index (χ1) is 13.8. The summed E-state index contributed by atoms with van der Waals surface area (Å²) in [5, 5.41) is 2.49. The van der Waals surface area contributed by atoms with Gasteiger partial charge in [-0.15, -0.1) is 0 Å². The zero-order valence-corrected chi connectivity index (χ0v) is 17.0. The maximum atomic E-state index is 12.2. The Balaban J connectivity index is 1.74. The minimum Gasteiger partial charge on any atom is -0.456 e. The van der Waals surface area contributed by atoms with E-state index in [1.807, 2.05) is 0 Å². The Morgan fingerprint density at radius 3 is 2.48 bits per heavy atom. The molecule has 0 bridgehead atoms. The summed E-state index contributed by atoms with van der Waals surface area (Å²) in [5.41, 5.74) is 1.96. The van der Waals surface area contributed by atoms with Crippen molar-refractivity contribution in [1.29, 1.82) is 0 Å². The molecule has 8 nitrogen and oxygen atoms in total. The maximum absolute atomic E-state index is 12.2. The van der Waals surface area contributed by atoms with Crippen LogP contribution >= 0.6 is 11.8 Å². The molecule has 10 heteroatoms. The lowest BCUT2D eigenvalue weighted by atomic mass is 10.1. The predicted octanol–water partition coefficient (Wildman–Crippen LogP) is 3.07. The molecule has 1 fully saturated rings. The highest BCUT2D eigenvalue weighted by molar-refractivity contribution is 8.18. The van der Waals surface area contributed by atoms with E-state index in [-0.39, 0.29) is 9.80 Å². The Morgan fingerprint density at radius 2 is 1.86 bits per heavy atom. The summed E-state index contributed by atoms with van der Waals surface area (Å²) >= 11 is 0.810. The highest BCUT2D eigenvalue weighted by Crippen LogP contribution is 2.33. The molecule has 148 valence electrons. The lowest BCUT2D eigenvalue weighted by Gasteiger charge is -2.11. The largest absolute Gasteiger partial charge is 0.456 e. The molecule has 0 atom stereocenters. The van der Waals surface area contributed by atoms with Gasteiger partial charge in [0, 0.05) is 43.5 Å². The predicted molar refractivity (Wildman–Crippen MR) is 109 cm³/mol. The maximum Gasteiger partial charge on any atom is 0.290 e. The van der Waals surface area contributed by atoms with Crippen molar-refractivity contribution < 1.29 is 22.4 Å². The van der Waals surface area contributed by atoms with Crippen LogP contribution < -0.4 is 5.32 Å². The molecule has 1 saturated heterocycles. The van der Waals surface area contributed by atoms with Crippen LogP contribution in [0.4, 0.5) is 4.79 Å². The normalized spacial score (nSPS) is 16.2. The van der Waals surface area contributed by atoms with Crippen molar-refractivity contribution in [3.05, 3.63) is 53.4 Å². The molecular weight excluding hydrogens is 414 g/mol. The number of benzene rings is 1. The number of imide groups is 1. The van der Waals surface area contributed by atoms with Gasteiger partial charge in [0.2, 0.25) is 10.0 Å². The van der Waals surface area contributed by atoms with Gasteiger partial charge in [-0.05, 0) is 35.5 Å². The van der Waals surface area contributed by atoms with Crippen molar-refractivity contribution in [3.8, 4) is 11.1 Å². The summed E-state index contributed by atoms with van der Waals surface area (Å²) in [7, 11) is -0.568. The molecule has 29 heavy (non-hydrogen) atoms. The van der Waals surface area contributed by atoms with Gasteiger partial charge in [0.25, 0.3) is 11.1 Å². The van der Waals surface area contributed by atoms with Crippen LogP contribution in [0.1, 0.15) is 5.76 Å². The van der Waals surface area contributed by atoms with Gasteiger partial charge in [-0.25, -0.2) is 12.7 Å². The SMILES string of the molecule is CN(C)S(=O)(=O)c1ccc(-c2cncc3cc(/C=C4/SC(=O)NC4=O)oc23)cc1. The van der Waals surface area contributed by atoms with Crippen LogP contribution in [-0.4, -0.2) is 42.9 Å². The Morgan fingerprint density at radius 1 is 1.14 bits per heavy atom. The number of rotatable bonds is 4. The van der Waals surface area contributed by atoms with Gasteiger partial charge in [0.15, 0.2) is 0 Å². The van der Waals surface area contributed by atoms with Gasteiger partial charge in [0.05, 0.1) is 9.80 Å². The first-order valence-electron chi connectivity index (χ1n) is 8.41. The molecule has 3 heterocycles. The second-order valence-corrected chi connectivity index (χ2v) is 9.58. The van der Waals surface area contributed by atoms with Gasteiger partial charge in [-0.1, -0.05) is 12.1 Å². The molecule has 1 aliphatic rings. The molecule has 0 spiro atoms. The number of sulfonamides is 1. The van der Waals surface area contributed by atoms with E-state index in [0.717, 1.165) is 21.6 Å². The second-order valence-electron chi connectivity index (χ2n) is 6.42. The third kappa shape index (κ3) is 3.57. The van der Waals surface area contributed by atoms with E-state index >= 15 is 0 Å². The number of hydrogen-bond donors (Lipinski definition) is 1. The molecular formula is C19H15N3O5S2. The third-order valence-electron chi connectivity index (χ3n) is 4.30. The Hall–Kier alpha value is -2.95. The topological polar surface area (TPSA) is 110 Å². The molecule has 0 saturated carbocycles. The smallest absolute Gasteiger partial charge is 0.290 e. The van der Waals surface area contributed by atoms with Crippen LogP contribution in [0.15, 0.2) is 56.9 Å². The fourth-order valence-corrected chi connectivity index (χ4v) is 4.39. The van der Waals surface area contributed by atoms with Crippen LogP contribution in [-0.2, 0) is 14.8 Å². The average Bonchev–Trinajstić information content (AvgIpc) is 3.23. The van der Waals surface area contributed by atoms with Crippen LogP contribution in [0.3, 0.4) is 0 Å². The number of furan rings is 1. The summed E-state index contributed by atoms with van der Waals surface area (Å²) in [6.07, 6.45) is 4.75. The van der Waals surface area contributed by atoms with Crippen LogP contribution in [0, 0.1) is 0 Å². The number of fused-ring (bicyclic) bond motifs is 1. The summed E-state index contributed by atoms with van der Waals surface area (Å²) < 4.78 is 31.5. The van der Waals surface area contributed by atoms with Gasteiger partial charge < -0.3 is 4.42 Å². The number of carbonyl (C=O) groups is 2. The minimum absolute atomic E-state index is 0.185. The fraction of sp³-hybridized carbons (Fsp3) is 0.105. The lowest BCUT2D eigenvalue weighted by molar-refractivity contribution is -0.115. The molecule has 1 aliphatic heterocycles. The zero-order valence-electron chi connectivity index (χ0n) is 15.4. The van der Waals surface area contributed by atoms with Gasteiger partial charge in [-0.3, -0.25) is 19.9 Å². The van der Waals surface area contributed by atoms with E-state index in [9.17, 15) is 18.0 Å². The fourth-order valence-electron chi connectivity index (χ4n) is 2.83. The number of nitrogens with zero attached hydrogens (tertiary/aromatic N) is 2. The molecule has 2 aromatic heterocycles. The van der Waals surface area contributed by atoms with Crippen molar-refractivity contribution in [3.63, 3.8) is 0 Å².